The van der Waals surface area contributed by atoms with Crippen molar-refractivity contribution in [1.82, 2.24) is 30.1 Å². The van der Waals surface area contributed by atoms with Crippen LogP contribution < -0.4 is 5.32 Å². The minimum Gasteiger partial charge on any atom is -0.353 e. The Morgan fingerprint density at radius 2 is 1.75 bits per heavy atom. The van der Waals surface area contributed by atoms with Gasteiger partial charge in [-0.1, -0.05) is 26.0 Å². The molecule has 0 bridgehead atoms. The van der Waals surface area contributed by atoms with Crippen molar-refractivity contribution in [3.8, 4) is 33.9 Å². The van der Waals surface area contributed by atoms with Crippen LogP contribution in [0.25, 0.3) is 55.7 Å². The second-order valence-corrected chi connectivity index (χ2v) is 8.96. The Hall–Kier alpha value is -4.85. The molecule has 8 nitrogen and oxygen atoms in total. The number of carbonyl (C=O) groups is 1. The van der Waals surface area contributed by atoms with Crippen LogP contribution in [0.2, 0.25) is 0 Å². The summed E-state index contributed by atoms with van der Waals surface area (Å²) in [4.78, 5) is 29.0. The Labute approximate surface area is 206 Å². The zero-order chi connectivity index (χ0) is 24.6. The number of carbonyl (C=O) groups excluding carboxylic acids is 1. The lowest BCUT2D eigenvalue weighted by molar-refractivity contribution is -0.118. The molecule has 0 aliphatic rings. The summed E-state index contributed by atoms with van der Waals surface area (Å²) in [6.45, 7) is 3.72. The molecule has 1 aromatic carbocycles. The number of hydrogen-bond donors (Lipinski definition) is 3. The van der Waals surface area contributed by atoms with Crippen LogP contribution in [0.5, 0.6) is 0 Å². The van der Waals surface area contributed by atoms with Gasteiger partial charge in [-0.2, -0.15) is 5.10 Å². The molecule has 36 heavy (non-hydrogen) atoms. The molecule has 0 radical (unpaired) electrons. The molecule has 5 aromatic heterocycles. The van der Waals surface area contributed by atoms with E-state index < -0.39 is 0 Å². The SMILES string of the molecule is CC(C)C(=O)Nc1cncc(-c2ccc3[nH]nc(-c4cc5c(-c6ccccn6)nccc5[nH]4)c3c2)c1. The normalized spacial score (nSPS) is 11.4. The van der Waals surface area contributed by atoms with E-state index in [1.54, 1.807) is 24.8 Å². The molecule has 0 atom stereocenters. The predicted octanol–water partition coefficient (Wildman–Crippen LogP) is 5.82. The fourth-order valence-corrected chi connectivity index (χ4v) is 4.24. The number of pyridine rings is 3. The topological polar surface area (TPSA) is 112 Å². The maximum Gasteiger partial charge on any atom is 0.226 e. The minimum absolute atomic E-state index is 0.0418. The predicted molar refractivity (Wildman–Crippen MR) is 141 cm³/mol. The summed E-state index contributed by atoms with van der Waals surface area (Å²) >= 11 is 0. The highest BCUT2D eigenvalue weighted by Gasteiger charge is 2.16. The number of rotatable bonds is 5. The van der Waals surface area contributed by atoms with Crippen molar-refractivity contribution >= 4 is 33.4 Å². The van der Waals surface area contributed by atoms with Gasteiger partial charge in [0.05, 0.1) is 34.5 Å². The van der Waals surface area contributed by atoms with Crippen molar-refractivity contribution in [2.45, 2.75) is 13.8 Å². The molecule has 0 aliphatic carbocycles. The minimum atomic E-state index is -0.108. The van der Waals surface area contributed by atoms with Crippen LogP contribution in [0.1, 0.15) is 13.8 Å². The molecule has 0 fully saturated rings. The third-order valence-electron chi connectivity index (χ3n) is 6.14. The number of aromatic amines is 2. The van der Waals surface area contributed by atoms with Crippen molar-refractivity contribution in [2.24, 2.45) is 5.92 Å². The van der Waals surface area contributed by atoms with Crippen molar-refractivity contribution in [2.75, 3.05) is 5.32 Å². The number of anilines is 1. The highest BCUT2D eigenvalue weighted by atomic mass is 16.1. The van der Waals surface area contributed by atoms with Gasteiger partial charge < -0.3 is 10.3 Å². The highest BCUT2D eigenvalue weighted by molar-refractivity contribution is 6.00. The lowest BCUT2D eigenvalue weighted by Gasteiger charge is -2.09. The maximum absolute atomic E-state index is 12.1. The number of H-pyrrole nitrogens is 2. The first-order valence-electron chi connectivity index (χ1n) is 11.7. The molecule has 5 heterocycles. The van der Waals surface area contributed by atoms with E-state index in [1.165, 1.54) is 0 Å². The zero-order valence-electron chi connectivity index (χ0n) is 19.8. The first-order chi connectivity index (χ1) is 17.6. The average molecular weight is 474 g/mol. The first kappa shape index (κ1) is 21.7. The van der Waals surface area contributed by atoms with Gasteiger partial charge in [-0.15, -0.1) is 0 Å². The second-order valence-electron chi connectivity index (χ2n) is 8.96. The molecule has 176 valence electrons. The molecular weight excluding hydrogens is 450 g/mol. The summed E-state index contributed by atoms with van der Waals surface area (Å²) < 4.78 is 0. The lowest BCUT2D eigenvalue weighted by Crippen LogP contribution is -2.17. The van der Waals surface area contributed by atoms with Gasteiger partial charge in [0, 0.05) is 46.4 Å². The van der Waals surface area contributed by atoms with E-state index >= 15 is 0 Å². The lowest BCUT2D eigenvalue weighted by atomic mass is 10.0. The molecular formula is C28H23N7O. The smallest absolute Gasteiger partial charge is 0.226 e. The fourth-order valence-electron chi connectivity index (χ4n) is 4.24. The molecule has 0 saturated carbocycles. The van der Waals surface area contributed by atoms with Crippen LogP contribution in [0.3, 0.4) is 0 Å². The van der Waals surface area contributed by atoms with Gasteiger partial charge in [0.2, 0.25) is 5.91 Å². The van der Waals surface area contributed by atoms with Crippen LogP contribution in [0.15, 0.2) is 79.4 Å². The molecule has 8 heteroatoms. The van der Waals surface area contributed by atoms with E-state index in [1.807, 2.05) is 56.3 Å². The van der Waals surface area contributed by atoms with Gasteiger partial charge in [-0.3, -0.25) is 24.8 Å². The molecule has 6 aromatic rings. The number of nitrogens with one attached hydrogen (secondary N) is 3. The van der Waals surface area contributed by atoms with Crippen molar-refractivity contribution < 1.29 is 4.79 Å². The summed E-state index contributed by atoms with van der Waals surface area (Å²) in [6, 6.07) is 17.9. The third kappa shape index (κ3) is 3.88. The summed E-state index contributed by atoms with van der Waals surface area (Å²) in [7, 11) is 0. The number of fused-ring (bicyclic) bond motifs is 2. The zero-order valence-corrected chi connectivity index (χ0v) is 19.8. The Balaban J connectivity index is 1.41. The van der Waals surface area contributed by atoms with Crippen molar-refractivity contribution in [1.29, 1.82) is 0 Å². The molecule has 0 spiro atoms. The van der Waals surface area contributed by atoms with Crippen molar-refractivity contribution in [3.05, 3.63) is 79.4 Å². The first-order valence-corrected chi connectivity index (χ1v) is 11.7. The number of nitrogens with zero attached hydrogens (tertiary/aromatic N) is 4. The quantitative estimate of drug-likeness (QED) is 0.292. The molecule has 1 amide bonds. The molecule has 0 saturated heterocycles. The van der Waals surface area contributed by atoms with Gasteiger partial charge >= 0.3 is 0 Å². The number of aromatic nitrogens is 6. The Kier molecular flexibility index (Phi) is 5.26. The van der Waals surface area contributed by atoms with Gasteiger partial charge in [0.1, 0.15) is 5.69 Å². The third-order valence-corrected chi connectivity index (χ3v) is 6.14. The standard InChI is InChI=1S/C28H23N7O/c1-16(2)28(36)32-19-11-18(14-29-15-19)17-6-7-23-20(12-17)27(35-34-23)25-13-21-22(33-25)8-10-31-26(21)24-5-3-4-9-30-24/h3-16,33H,1-2H3,(H,32,36)(H,34,35). The molecule has 6 rings (SSSR count). The van der Waals surface area contributed by atoms with E-state index in [-0.39, 0.29) is 11.8 Å². The van der Waals surface area contributed by atoms with Crippen LogP contribution >= 0.6 is 0 Å². The Bertz CT molecular complexity index is 1720. The van der Waals surface area contributed by atoms with Crippen LogP contribution in [0, 0.1) is 5.92 Å². The van der Waals surface area contributed by atoms with Crippen LogP contribution in [-0.2, 0) is 4.79 Å². The average Bonchev–Trinajstić information content (AvgIpc) is 3.53. The largest absolute Gasteiger partial charge is 0.353 e. The maximum atomic E-state index is 12.1. The summed E-state index contributed by atoms with van der Waals surface area (Å²) in [6.07, 6.45) is 7.00. The summed E-state index contributed by atoms with van der Waals surface area (Å²) in [5.74, 6) is -0.150. The van der Waals surface area contributed by atoms with Crippen molar-refractivity contribution in [3.63, 3.8) is 0 Å². The van der Waals surface area contributed by atoms with E-state index in [2.05, 4.69) is 47.6 Å². The summed E-state index contributed by atoms with van der Waals surface area (Å²) in [5, 5.41) is 12.6. The number of amides is 1. The number of benzene rings is 1. The van der Waals surface area contributed by atoms with Crippen LogP contribution in [0.4, 0.5) is 5.69 Å². The van der Waals surface area contributed by atoms with Gasteiger partial charge in [0.25, 0.3) is 0 Å². The Morgan fingerprint density at radius 1 is 0.861 bits per heavy atom. The fraction of sp³-hybridized carbons (Fsp3) is 0.107. The Morgan fingerprint density at radius 3 is 2.58 bits per heavy atom. The van der Waals surface area contributed by atoms with Gasteiger partial charge in [-0.25, -0.2) is 0 Å². The van der Waals surface area contributed by atoms with E-state index in [9.17, 15) is 4.79 Å². The molecule has 0 unspecified atom stereocenters. The molecule has 0 aliphatic heterocycles. The van der Waals surface area contributed by atoms with Crippen LogP contribution in [-0.4, -0.2) is 36.0 Å². The monoisotopic (exact) mass is 473 g/mol. The molecule has 3 N–H and O–H groups in total. The second kappa shape index (κ2) is 8.74. The highest BCUT2D eigenvalue weighted by Crippen LogP contribution is 2.34. The van der Waals surface area contributed by atoms with E-state index in [4.69, 9.17) is 0 Å². The summed E-state index contributed by atoms with van der Waals surface area (Å²) in [5.41, 5.74) is 7.78. The number of hydrogen-bond acceptors (Lipinski definition) is 5. The van der Waals surface area contributed by atoms with Gasteiger partial charge in [0.15, 0.2) is 0 Å². The van der Waals surface area contributed by atoms with Gasteiger partial charge in [-0.05, 0) is 48.0 Å². The van der Waals surface area contributed by atoms with E-state index in [0.717, 1.165) is 55.7 Å². The van der Waals surface area contributed by atoms with E-state index in [0.29, 0.717) is 5.69 Å².